The summed E-state index contributed by atoms with van der Waals surface area (Å²) in [5.74, 6) is 0. The Morgan fingerprint density at radius 2 is 0.739 bits per heavy atom. The Labute approximate surface area is 403 Å². The van der Waals surface area contributed by atoms with Crippen molar-refractivity contribution in [1.29, 1.82) is 0 Å². The van der Waals surface area contributed by atoms with Crippen LogP contribution in [0, 0.1) is 0 Å². The minimum atomic E-state index is -0.0536. The van der Waals surface area contributed by atoms with Crippen LogP contribution in [0.4, 0.5) is 17.1 Å². The molecule has 0 radical (unpaired) electrons. The first-order chi connectivity index (χ1) is 33.9. The molecule has 2 nitrogen and oxygen atoms in total. The maximum absolute atomic E-state index is 6.15. The predicted molar refractivity (Wildman–Crippen MR) is 291 cm³/mol. The zero-order valence-electron chi connectivity index (χ0n) is 38.5. The second-order valence-corrected chi connectivity index (χ2v) is 18.9. The standard InChI is InChI=1S/C67H47NO/c1-67(2)63-16-7-5-14-59(63)60-38-30-55(43-64(60)67)49-28-36-58(37-29-49)68(57-34-26-48(27-35-57)54-31-39-66-62(42-54)61-15-6-8-17-65(61)69-66)56-32-24-46(25-33-56)45-18-20-47(21-19-45)51-12-9-13-52(40-51)53-23-22-44-10-3-4-11-50(44)41-53/h3-43H,1-2H3. The quantitative estimate of drug-likeness (QED) is 0.151. The first-order valence-electron chi connectivity index (χ1n) is 23.9. The highest BCUT2D eigenvalue weighted by Gasteiger charge is 2.35. The van der Waals surface area contributed by atoms with Gasteiger partial charge in [-0.3, -0.25) is 0 Å². The monoisotopic (exact) mass is 881 g/mol. The number of hydrogen-bond donors (Lipinski definition) is 0. The number of anilines is 3. The summed E-state index contributed by atoms with van der Waals surface area (Å²) < 4.78 is 6.15. The van der Waals surface area contributed by atoms with Crippen molar-refractivity contribution >= 4 is 49.8 Å². The summed E-state index contributed by atoms with van der Waals surface area (Å²) in [5, 5.41) is 4.78. The molecule has 11 aromatic carbocycles. The highest BCUT2D eigenvalue weighted by molar-refractivity contribution is 6.06. The molecular formula is C67H47NO. The van der Waals surface area contributed by atoms with Gasteiger partial charge in [-0.2, -0.15) is 0 Å². The molecule has 13 rings (SSSR count). The highest BCUT2D eigenvalue weighted by Crippen LogP contribution is 2.50. The van der Waals surface area contributed by atoms with Crippen LogP contribution in [0.2, 0.25) is 0 Å². The number of furan rings is 1. The van der Waals surface area contributed by atoms with Gasteiger partial charge < -0.3 is 9.32 Å². The molecule has 1 aliphatic rings. The third kappa shape index (κ3) is 7.12. The van der Waals surface area contributed by atoms with Gasteiger partial charge >= 0.3 is 0 Å². The number of rotatable bonds is 8. The Morgan fingerprint density at radius 3 is 1.42 bits per heavy atom. The van der Waals surface area contributed by atoms with Gasteiger partial charge in [0.1, 0.15) is 11.2 Å². The van der Waals surface area contributed by atoms with Crippen LogP contribution in [-0.4, -0.2) is 0 Å². The summed E-state index contributed by atoms with van der Waals surface area (Å²) >= 11 is 0. The highest BCUT2D eigenvalue weighted by atomic mass is 16.3. The Kier molecular flexibility index (Phi) is 9.55. The van der Waals surface area contributed by atoms with Crippen LogP contribution < -0.4 is 4.90 Å². The zero-order valence-corrected chi connectivity index (χ0v) is 38.5. The average Bonchev–Trinajstić information content (AvgIpc) is 3.90. The van der Waals surface area contributed by atoms with E-state index in [0.717, 1.165) is 50.1 Å². The zero-order chi connectivity index (χ0) is 46.1. The minimum Gasteiger partial charge on any atom is -0.456 e. The molecule has 0 saturated heterocycles. The van der Waals surface area contributed by atoms with Crippen LogP contribution in [0.15, 0.2) is 253 Å². The molecular weight excluding hydrogens is 835 g/mol. The van der Waals surface area contributed by atoms with Gasteiger partial charge in [0.25, 0.3) is 0 Å². The van der Waals surface area contributed by atoms with Gasteiger partial charge in [-0.05, 0) is 161 Å². The SMILES string of the molecule is CC1(C)c2ccccc2-c2ccc(-c3ccc(N(c4ccc(-c5ccc(-c6cccc(-c7ccc8ccccc8c7)c6)cc5)cc4)c4ccc(-c5ccc6oc7ccccc7c6c5)cc4)cc3)cc21. The van der Waals surface area contributed by atoms with Crippen LogP contribution in [0.5, 0.6) is 0 Å². The van der Waals surface area contributed by atoms with Gasteiger partial charge in [0.2, 0.25) is 0 Å². The molecule has 1 aliphatic carbocycles. The van der Waals surface area contributed by atoms with Gasteiger partial charge in [-0.15, -0.1) is 0 Å². The number of para-hydroxylation sites is 1. The number of nitrogens with zero attached hydrogens (tertiary/aromatic N) is 1. The fourth-order valence-electron chi connectivity index (χ4n) is 10.7. The topological polar surface area (TPSA) is 16.4 Å². The summed E-state index contributed by atoms with van der Waals surface area (Å²) in [6, 6.07) is 90.7. The number of hydrogen-bond acceptors (Lipinski definition) is 2. The Hall–Kier alpha value is -8.72. The first kappa shape index (κ1) is 40.5. The Balaban J connectivity index is 0.817. The van der Waals surface area contributed by atoms with Crippen LogP contribution in [-0.2, 0) is 5.41 Å². The maximum Gasteiger partial charge on any atom is 0.135 e. The van der Waals surface area contributed by atoms with Gasteiger partial charge in [-0.1, -0.05) is 190 Å². The van der Waals surface area contributed by atoms with Crippen molar-refractivity contribution in [3.05, 3.63) is 260 Å². The second-order valence-electron chi connectivity index (χ2n) is 18.9. The minimum absolute atomic E-state index is 0.0536. The second kappa shape index (κ2) is 16.3. The van der Waals surface area contributed by atoms with E-state index in [-0.39, 0.29) is 5.41 Å². The lowest BCUT2D eigenvalue weighted by Gasteiger charge is -2.26. The normalized spacial score (nSPS) is 12.6. The van der Waals surface area contributed by atoms with E-state index >= 15 is 0 Å². The third-order valence-electron chi connectivity index (χ3n) is 14.5. The van der Waals surface area contributed by atoms with Crippen LogP contribution in [0.25, 0.3) is 99.5 Å². The van der Waals surface area contributed by atoms with E-state index in [4.69, 9.17) is 4.42 Å². The predicted octanol–water partition coefficient (Wildman–Crippen LogP) is 18.9. The van der Waals surface area contributed by atoms with Crippen molar-refractivity contribution in [1.82, 2.24) is 0 Å². The molecule has 0 bridgehead atoms. The molecule has 0 saturated carbocycles. The van der Waals surface area contributed by atoms with Crippen molar-refractivity contribution in [2.75, 3.05) is 4.90 Å². The molecule has 1 heterocycles. The van der Waals surface area contributed by atoms with Gasteiger partial charge in [0.05, 0.1) is 0 Å². The van der Waals surface area contributed by atoms with Gasteiger partial charge in [0.15, 0.2) is 0 Å². The molecule has 69 heavy (non-hydrogen) atoms. The van der Waals surface area contributed by atoms with E-state index in [1.165, 1.54) is 77.5 Å². The van der Waals surface area contributed by atoms with Crippen molar-refractivity contribution in [3.63, 3.8) is 0 Å². The van der Waals surface area contributed by atoms with Crippen molar-refractivity contribution in [3.8, 4) is 66.8 Å². The van der Waals surface area contributed by atoms with Crippen LogP contribution in [0.1, 0.15) is 25.0 Å². The summed E-state index contributed by atoms with van der Waals surface area (Å²) in [6.07, 6.45) is 0. The molecule has 0 atom stereocenters. The van der Waals surface area contributed by atoms with E-state index in [1.807, 2.05) is 12.1 Å². The largest absolute Gasteiger partial charge is 0.456 e. The molecule has 0 fully saturated rings. The number of benzene rings is 11. The summed E-state index contributed by atoms with van der Waals surface area (Å²) in [7, 11) is 0. The fraction of sp³-hybridized carbons (Fsp3) is 0.0448. The first-order valence-corrected chi connectivity index (χ1v) is 23.9. The Bertz CT molecular complexity index is 3890. The summed E-state index contributed by atoms with van der Waals surface area (Å²) in [5.41, 5.74) is 22.4. The smallest absolute Gasteiger partial charge is 0.135 e. The number of fused-ring (bicyclic) bond motifs is 7. The van der Waals surface area contributed by atoms with Crippen molar-refractivity contribution in [2.24, 2.45) is 0 Å². The molecule has 326 valence electrons. The van der Waals surface area contributed by atoms with Crippen molar-refractivity contribution in [2.45, 2.75) is 19.3 Å². The van der Waals surface area contributed by atoms with Gasteiger partial charge in [-0.25, -0.2) is 0 Å². The lowest BCUT2D eigenvalue weighted by atomic mass is 9.81. The Morgan fingerprint density at radius 1 is 0.290 bits per heavy atom. The van der Waals surface area contributed by atoms with E-state index in [9.17, 15) is 0 Å². The van der Waals surface area contributed by atoms with E-state index in [1.54, 1.807) is 0 Å². The summed E-state index contributed by atoms with van der Waals surface area (Å²) in [4.78, 5) is 2.36. The fourth-order valence-corrected chi connectivity index (χ4v) is 10.7. The molecule has 0 spiro atoms. The molecule has 0 N–H and O–H groups in total. The molecule has 0 unspecified atom stereocenters. The van der Waals surface area contributed by atoms with Crippen molar-refractivity contribution < 1.29 is 4.42 Å². The van der Waals surface area contributed by atoms with E-state index < -0.39 is 0 Å². The molecule has 0 amide bonds. The van der Waals surface area contributed by atoms with E-state index in [2.05, 4.69) is 255 Å². The third-order valence-corrected chi connectivity index (χ3v) is 14.5. The molecule has 12 aromatic rings. The summed E-state index contributed by atoms with van der Waals surface area (Å²) in [6.45, 7) is 4.69. The maximum atomic E-state index is 6.15. The van der Waals surface area contributed by atoms with Crippen LogP contribution >= 0.6 is 0 Å². The van der Waals surface area contributed by atoms with Gasteiger partial charge in [0, 0.05) is 33.2 Å². The molecule has 2 heteroatoms. The average molecular weight is 882 g/mol. The van der Waals surface area contributed by atoms with Crippen LogP contribution in [0.3, 0.4) is 0 Å². The molecule has 1 aromatic heterocycles. The van der Waals surface area contributed by atoms with E-state index in [0.29, 0.717) is 0 Å². The molecule has 0 aliphatic heterocycles. The lowest BCUT2D eigenvalue weighted by molar-refractivity contribution is 0.660. The lowest BCUT2D eigenvalue weighted by Crippen LogP contribution is -2.14.